The summed E-state index contributed by atoms with van der Waals surface area (Å²) >= 11 is 1.39. The van der Waals surface area contributed by atoms with Gasteiger partial charge < -0.3 is 9.47 Å². The SMILES string of the molecule is CCOCCSc1nnnn1-c1ccc(OC(F)(F)F)cc1. The molecule has 0 radical (unpaired) electrons. The first-order chi connectivity index (χ1) is 10.5. The molecule has 0 spiro atoms. The fourth-order valence-corrected chi connectivity index (χ4v) is 2.30. The number of benzene rings is 1. The number of nitrogens with zero attached hydrogens (tertiary/aromatic N) is 4. The van der Waals surface area contributed by atoms with Gasteiger partial charge in [0.2, 0.25) is 5.16 Å². The van der Waals surface area contributed by atoms with Crippen LogP contribution in [0.15, 0.2) is 29.4 Å². The van der Waals surface area contributed by atoms with Crippen molar-refractivity contribution in [2.75, 3.05) is 19.0 Å². The van der Waals surface area contributed by atoms with Gasteiger partial charge in [-0.25, -0.2) is 0 Å². The predicted molar refractivity (Wildman–Crippen MR) is 73.1 cm³/mol. The number of ether oxygens (including phenoxy) is 2. The Hall–Kier alpha value is -1.81. The normalized spacial score (nSPS) is 11.6. The Morgan fingerprint density at radius 2 is 1.95 bits per heavy atom. The number of rotatable bonds is 7. The standard InChI is InChI=1S/C12H13F3N4O2S/c1-2-20-7-8-22-11-16-17-18-19(11)9-3-5-10(6-4-9)21-12(13,14)15/h3-6H,2,7-8H2,1H3. The molecule has 22 heavy (non-hydrogen) atoms. The van der Waals surface area contributed by atoms with E-state index in [1.807, 2.05) is 6.92 Å². The number of aromatic nitrogens is 4. The molecule has 0 saturated heterocycles. The first-order valence-electron chi connectivity index (χ1n) is 6.34. The van der Waals surface area contributed by atoms with E-state index in [0.29, 0.717) is 29.8 Å². The second kappa shape index (κ2) is 7.45. The summed E-state index contributed by atoms with van der Waals surface area (Å²) in [5, 5.41) is 11.8. The lowest BCUT2D eigenvalue weighted by atomic mass is 10.3. The van der Waals surface area contributed by atoms with Crippen molar-refractivity contribution in [1.29, 1.82) is 0 Å². The van der Waals surface area contributed by atoms with E-state index in [-0.39, 0.29) is 5.75 Å². The van der Waals surface area contributed by atoms with Crippen molar-refractivity contribution in [2.45, 2.75) is 18.4 Å². The minimum absolute atomic E-state index is 0.296. The van der Waals surface area contributed by atoms with Gasteiger partial charge in [-0.15, -0.1) is 18.3 Å². The first-order valence-corrected chi connectivity index (χ1v) is 7.33. The van der Waals surface area contributed by atoms with Crippen LogP contribution in [-0.2, 0) is 4.74 Å². The van der Waals surface area contributed by atoms with Gasteiger partial charge in [0.1, 0.15) is 5.75 Å². The Balaban J connectivity index is 2.04. The molecule has 1 aromatic heterocycles. The highest BCUT2D eigenvalue weighted by molar-refractivity contribution is 7.99. The van der Waals surface area contributed by atoms with Gasteiger partial charge in [0.25, 0.3) is 0 Å². The fraction of sp³-hybridized carbons (Fsp3) is 0.417. The monoisotopic (exact) mass is 334 g/mol. The molecule has 0 aliphatic rings. The highest BCUT2D eigenvalue weighted by Gasteiger charge is 2.31. The number of hydrogen-bond donors (Lipinski definition) is 0. The fourth-order valence-electron chi connectivity index (χ4n) is 1.56. The molecule has 0 atom stereocenters. The molecule has 1 aromatic carbocycles. The van der Waals surface area contributed by atoms with Crippen LogP contribution in [0.1, 0.15) is 6.92 Å². The molecule has 0 saturated carbocycles. The molecule has 2 rings (SSSR count). The zero-order chi connectivity index (χ0) is 16.0. The Bertz CT molecular complexity index is 589. The van der Waals surface area contributed by atoms with Gasteiger partial charge in [-0.05, 0) is 41.6 Å². The number of halogens is 3. The average molecular weight is 334 g/mol. The summed E-state index contributed by atoms with van der Waals surface area (Å²) < 4.78 is 46.8. The maximum Gasteiger partial charge on any atom is 0.573 e. The molecule has 0 aliphatic heterocycles. The summed E-state index contributed by atoms with van der Waals surface area (Å²) in [5.74, 6) is 0.374. The van der Waals surface area contributed by atoms with Gasteiger partial charge >= 0.3 is 6.36 Å². The third-order valence-corrected chi connectivity index (χ3v) is 3.30. The van der Waals surface area contributed by atoms with Crippen molar-refractivity contribution in [3.05, 3.63) is 24.3 Å². The number of thioether (sulfide) groups is 1. The van der Waals surface area contributed by atoms with Gasteiger partial charge in [-0.1, -0.05) is 11.8 Å². The zero-order valence-electron chi connectivity index (χ0n) is 11.6. The third-order valence-electron chi connectivity index (χ3n) is 2.42. The number of tetrazole rings is 1. The van der Waals surface area contributed by atoms with Crippen molar-refractivity contribution < 1.29 is 22.6 Å². The Morgan fingerprint density at radius 3 is 2.59 bits per heavy atom. The van der Waals surface area contributed by atoms with Crippen molar-refractivity contribution in [2.24, 2.45) is 0 Å². The van der Waals surface area contributed by atoms with E-state index in [4.69, 9.17) is 4.74 Å². The molecule has 0 N–H and O–H groups in total. The van der Waals surface area contributed by atoms with Crippen LogP contribution in [0.3, 0.4) is 0 Å². The van der Waals surface area contributed by atoms with Crippen LogP contribution in [0.4, 0.5) is 13.2 Å². The number of hydrogen-bond acceptors (Lipinski definition) is 6. The quantitative estimate of drug-likeness (QED) is 0.573. The maximum atomic E-state index is 12.1. The summed E-state index contributed by atoms with van der Waals surface area (Å²) in [6.07, 6.45) is -4.71. The largest absolute Gasteiger partial charge is 0.573 e. The summed E-state index contributed by atoms with van der Waals surface area (Å²) in [6.45, 7) is 3.10. The van der Waals surface area contributed by atoms with E-state index < -0.39 is 6.36 Å². The summed E-state index contributed by atoms with van der Waals surface area (Å²) in [4.78, 5) is 0. The van der Waals surface area contributed by atoms with E-state index in [9.17, 15) is 13.2 Å². The molecule has 0 bridgehead atoms. The van der Waals surface area contributed by atoms with E-state index in [1.165, 1.54) is 40.7 Å². The molecule has 0 unspecified atom stereocenters. The topological polar surface area (TPSA) is 62.1 Å². The smallest absolute Gasteiger partial charge is 0.406 e. The van der Waals surface area contributed by atoms with Crippen molar-refractivity contribution >= 4 is 11.8 Å². The highest BCUT2D eigenvalue weighted by Crippen LogP contribution is 2.24. The molecule has 6 nitrogen and oxygen atoms in total. The molecule has 0 fully saturated rings. The minimum Gasteiger partial charge on any atom is -0.406 e. The van der Waals surface area contributed by atoms with Gasteiger partial charge in [-0.2, -0.15) is 4.68 Å². The predicted octanol–water partition coefficient (Wildman–Crippen LogP) is 2.69. The van der Waals surface area contributed by atoms with E-state index >= 15 is 0 Å². The second-order valence-corrected chi connectivity index (χ2v) is 5.02. The van der Waals surface area contributed by atoms with Crippen LogP contribution in [0.2, 0.25) is 0 Å². The molecule has 120 valence electrons. The molecular formula is C12H13F3N4O2S. The summed E-state index contributed by atoms with van der Waals surface area (Å²) in [6, 6.07) is 5.31. The van der Waals surface area contributed by atoms with Crippen molar-refractivity contribution in [1.82, 2.24) is 20.2 Å². The Morgan fingerprint density at radius 1 is 1.23 bits per heavy atom. The molecule has 2 aromatic rings. The minimum atomic E-state index is -4.71. The third kappa shape index (κ3) is 4.88. The van der Waals surface area contributed by atoms with Gasteiger partial charge in [-0.3, -0.25) is 0 Å². The van der Waals surface area contributed by atoms with Crippen LogP contribution in [0, 0.1) is 0 Å². The van der Waals surface area contributed by atoms with Gasteiger partial charge in [0.05, 0.1) is 12.3 Å². The van der Waals surface area contributed by atoms with Crippen LogP contribution in [0.25, 0.3) is 5.69 Å². The molecule has 0 amide bonds. The summed E-state index contributed by atoms with van der Waals surface area (Å²) in [7, 11) is 0. The lowest BCUT2D eigenvalue weighted by Crippen LogP contribution is -2.17. The van der Waals surface area contributed by atoms with Crippen LogP contribution >= 0.6 is 11.8 Å². The van der Waals surface area contributed by atoms with Crippen molar-refractivity contribution in [3.63, 3.8) is 0 Å². The van der Waals surface area contributed by atoms with E-state index in [1.54, 1.807) is 0 Å². The second-order valence-electron chi connectivity index (χ2n) is 3.96. The van der Waals surface area contributed by atoms with Crippen LogP contribution < -0.4 is 4.74 Å². The van der Waals surface area contributed by atoms with Gasteiger partial charge in [0, 0.05) is 12.4 Å². The average Bonchev–Trinajstić information content (AvgIpc) is 2.91. The molecular weight excluding hydrogens is 321 g/mol. The number of alkyl halides is 3. The van der Waals surface area contributed by atoms with Crippen LogP contribution in [-0.4, -0.2) is 45.5 Å². The maximum absolute atomic E-state index is 12.1. The van der Waals surface area contributed by atoms with E-state index in [0.717, 1.165) is 0 Å². The van der Waals surface area contributed by atoms with E-state index in [2.05, 4.69) is 20.3 Å². The molecule has 0 aliphatic carbocycles. The Kier molecular flexibility index (Phi) is 5.61. The first kappa shape index (κ1) is 16.6. The highest BCUT2D eigenvalue weighted by atomic mass is 32.2. The van der Waals surface area contributed by atoms with Crippen LogP contribution in [0.5, 0.6) is 5.75 Å². The Labute approximate surface area is 128 Å². The lowest BCUT2D eigenvalue weighted by molar-refractivity contribution is -0.274. The summed E-state index contributed by atoms with van der Waals surface area (Å²) in [5.41, 5.74) is 0.540. The zero-order valence-corrected chi connectivity index (χ0v) is 12.4. The van der Waals surface area contributed by atoms with Gasteiger partial charge in [0.15, 0.2) is 0 Å². The lowest BCUT2D eigenvalue weighted by Gasteiger charge is -2.09. The molecule has 1 heterocycles. The molecule has 10 heteroatoms. The van der Waals surface area contributed by atoms with Crippen molar-refractivity contribution in [3.8, 4) is 11.4 Å².